The molecule has 35 heavy (non-hydrogen) atoms. The van der Waals surface area contributed by atoms with E-state index in [0.29, 0.717) is 17.4 Å². The van der Waals surface area contributed by atoms with Crippen LogP contribution >= 0.6 is 0 Å². The third-order valence-corrected chi connectivity index (χ3v) is 5.49. The van der Waals surface area contributed by atoms with Gasteiger partial charge in [-0.15, -0.1) is 0 Å². The van der Waals surface area contributed by atoms with Crippen LogP contribution in [0.2, 0.25) is 0 Å². The molecule has 0 aliphatic carbocycles. The molecule has 0 aliphatic rings. The lowest BCUT2D eigenvalue weighted by Gasteiger charge is -2.15. The minimum Gasteiger partial charge on any atom is -0.480 e. The van der Waals surface area contributed by atoms with Gasteiger partial charge in [0.25, 0.3) is 5.91 Å². The van der Waals surface area contributed by atoms with Crippen molar-refractivity contribution in [3.8, 4) is 11.1 Å². The third-order valence-electron chi connectivity index (χ3n) is 5.49. The van der Waals surface area contributed by atoms with Gasteiger partial charge in [0.05, 0.1) is 5.52 Å². The average Bonchev–Trinajstić information content (AvgIpc) is 2.84. The number of fused-ring (bicyclic) bond motifs is 1. The summed E-state index contributed by atoms with van der Waals surface area (Å²) in [6.07, 6.45) is 0.751. The van der Waals surface area contributed by atoms with Crippen molar-refractivity contribution >= 4 is 28.5 Å². The van der Waals surface area contributed by atoms with Gasteiger partial charge in [-0.25, -0.2) is 0 Å². The number of hydrogen-bond donors (Lipinski definition) is 4. The van der Waals surface area contributed by atoms with E-state index >= 15 is 0 Å². The van der Waals surface area contributed by atoms with Crippen LogP contribution in [0.25, 0.3) is 22.0 Å². The Morgan fingerprint density at radius 2 is 1.71 bits per heavy atom. The fourth-order valence-corrected chi connectivity index (χ4v) is 3.93. The molecule has 4 N–H and O–H groups in total. The number of nitrogens with one attached hydrogen (secondary N) is 2. The maximum atomic E-state index is 13.3. The molecule has 4 aromatic rings. The summed E-state index contributed by atoms with van der Waals surface area (Å²) in [5.74, 6) is -1.94. The summed E-state index contributed by atoms with van der Waals surface area (Å²) < 4.78 is 1.82. The van der Waals surface area contributed by atoms with Crippen molar-refractivity contribution in [1.82, 2.24) is 9.88 Å². The monoisotopic (exact) mass is 471 g/mol. The van der Waals surface area contributed by atoms with Crippen molar-refractivity contribution in [3.63, 3.8) is 0 Å². The molecular weight excluding hydrogens is 446 g/mol. The largest absolute Gasteiger partial charge is 0.480 e. The Morgan fingerprint density at radius 1 is 0.971 bits per heavy atom. The van der Waals surface area contributed by atoms with E-state index in [-0.39, 0.29) is 5.56 Å². The molecule has 1 heterocycles. The van der Waals surface area contributed by atoms with Crippen molar-refractivity contribution in [2.75, 3.05) is 11.9 Å². The predicted octanol–water partition coefficient (Wildman–Crippen LogP) is 3.28. The van der Waals surface area contributed by atoms with Gasteiger partial charge in [-0.1, -0.05) is 48.5 Å². The first-order chi connectivity index (χ1) is 16.8. The second kappa shape index (κ2) is 10.2. The van der Waals surface area contributed by atoms with E-state index in [0.717, 1.165) is 22.4 Å². The Kier molecular flexibility index (Phi) is 6.93. The van der Waals surface area contributed by atoms with E-state index in [4.69, 9.17) is 5.11 Å². The molecule has 1 aromatic heterocycles. The smallest absolute Gasteiger partial charge is 0.322 e. The highest BCUT2D eigenvalue weighted by atomic mass is 16.4. The minimum absolute atomic E-state index is 0.128. The van der Waals surface area contributed by atoms with E-state index in [1.165, 1.54) is 6.20 Å². The van der Waals surface area contributed by atoms with Gasteiger partial charge in [-0.3, -0.25) is 14.4 Å². The van der Waals surface area contributed by atoms with E-state index in [2.05, 4.69) is 10.6 Å². The molecule has 1 atom stereocenters. The number of aromatic nitrogens is 1. The quantitative estimate of drug-likeness (QED) is 0.293. The first-order valence-electron chi connectivity index (χ1n) is 11.1. The van der Waals surface area contributed by atoms with Crippen LogP contribution in [0.1, 0.15) is 22.8 Å². The second-order valence-corrected chi connectivity index (χ2v) is 8.19. The first kappa shape index (κ1) is 23.7. The lowest BCUT2D eigenvalue weighted by Crippen LogP contribution is -2.33. The standard InChI is InChI=1S/C27H25N3O5/c1-17(31)29-21-9-5-8-19(12-21)20-10-11-24-22(13-20)26(34)23(27(35)28-14-25(32)33)16-30(24)15-18-6-3-2-4-7-18/h2-13,16-17,29,31H,14-15H2,1H3,(H,28,35)(H,32,33). The van der Waals surface area contributed by atoms with Crippen molar-refractivity contribution in [2.24, 2.45) is 0 Å². The molecule has 0 bridgehead atoms. The number of nitrogens with zero attached hydrogens (tertiary/aromatic N) is 1. The van der Waals surface area contributed by atoms with Gasteiger partial charge in [0, 0.05) is 23.8 Å². The number of carbonyl (C=O) groups is 2. The molecular formula is C27H25N3O5. The summed E-state index contributed by atoms with van der Waals surface area (Å²) in [5, 5.41) is 24.1. The van der Waals surface area contributed by atoms with Crippen LogP contribution in [0.5, 0.6) is 0 Å². The highest BCUT2D eigenvalue weighted by Gasteiger charge is 2.17. The van der Waals surface area contributed by atoms with Crippen molar-refractivity contribution in [2.45, 2.75) is 19.7 Å². The van der Waals surface area contributed by atoms with E-state index in [1.807, 2.05) is 71.3 Å². The molecule has 1 unspecified atom stereocenters. The number of benzene rings is 3. The maximum absolute atomic E-state index is 13.3. The number of anilines is 1. The molecule has 3 aromatic carbocycles. The van der Waals surface area contributed by atoms with Crippen LogP contribution in [0, 0.1) is 0 Å². The van der Waals surface area contributed by atoms with Crippen LogP contribution in [0.15, 0.2) is 83.8 Å². The Labute approximate surface area is 201 Å². The average molecular weight is 472 g/mol. The van der Waals surface area contributed by atoms with Gasteiger partial charge >= 0.3 is 5.97 Å². The van der Waals surface area contributed by atoms with Crippen LogP contribution in [0.4, 0.5) is 5.69 Å². The molecule has 0 saturated heterocycles. The van der Waals surface area contributed by atoms with Crippen LogP contribution in [-0.4, -0.2) is 39.4 Å². The third kappa shape index (κ3) is 5.56. The number of pyridine rings is 1. The summed E-state index contributed by atoms with van der Waals surface area (Å²) in [6, 6.07) is 22.5. The number of amides is 1. The molecule has 178 valence electrons. The lowest BCUT2D eigenvalue weighted by atomic mass is 10.0. The lowest BCUT2D eigenvalue weighted by molar-refractivity contribution is -0.135. The molecule has 8 heteroatoms. The zero-order valence-corrected chi connectivity index (χ0v) is 19.1. The van der Waals surface area contributed by atoms with Crippen LogP contribution < -0.4 is 16.1 Å². The Bertz CT molecular complexity index is 1440. The van der Waals surface area contributed by atoms with Crippen molar-refractivity contribution < 1.29 is 19.8 Å². The van der Waals surface area contributed by atoms with Crippen LogP contribution in [0.3, 0.4) is 0 Å². The molecule has 0 saturated carbocycles. The molecule has 0 fully saturated rings. The first-order valence-corrected chi connectivity index (χ1v) is 11.1. The summed E-state index contributed by atoms with van der Waals surface area (Å²) in [4.78, 5) is 37.0. The zero-order valence-electron chi connectivity index (χ0n) is 19.1. The summed E-state index contributed by atoms with van der Waals surface area (Å²) >= 11 is 0. The number of hydrogen-bond acceptors (Lipinski definition) is 5. The van der Waals surface area contributed by atoms with E-state index < -0.39 is 30.1 Å². The topological polar surface area (TPSA) is 121 Å². The number of carboxylic acids is 1. The van der Waals surface area contributed by atoms with E-state index in [9.17, 15) is 19.5 Å². The van der Waals surface area contributed by atoms with Gasteiger partial charge in [0.15, 0.2) is 0 Å². The second-order valence-electron chi connectivity index (χ2n) is 8.19. The molecule has 4 rings (SSSR count). The molecule has 8 nitrogen and oxygen atoms in total. The Morgan fingerprint density at radius 3 is 2.43 bits per heavy atom. The summed E-state index contributed by atoms with van der Waals surface area (Å²) in [7, 11) is 0. The fourth-order valence-electron chi connectivity index (χ4n) is 3.93. The van der Waals surface area contributed by atoms with E-state index in [1.54, 1.807) is 13.0 Å². The number of aliphatic hydroxyl groups is 1. The molecule has 0 spiro atoms. The summed E-state index contributed by atoms with van der Waals surface area (Å²) in [5.41, 5.74) is 3.33. The number of aliphatic hydroxyl groups excluding tert-OH is 1. The number of carbonyl (C=O) groups excluding carboxylic acids is 1. The summed E-state index contributed by atoms with van der Waals surface area (Å²) in [6.45, 7) is 1.46. The minimum atomic E-state index is -1.20. The van der Waals surface area contributed by atoms with Crippen molar-refractivity contribution in [3.05, 3.63) is 100 Å². The number of aliphatic carboxylic acids is 1. The Hall–Kier alpha value is -4.43. The van der Waals surface area contributed by atoms with Gasteiger partial charge < -0.3 is 25.4 Å². The van der Waals surface area contributed by atoms with Gasteiger partial charge in [-0.2, -0.15) is 0 Å². The highest BCUT2D eigenvalue weighted by molar-refractivity contribution is 5.99. The van der Waals surface area contributed by atoms with Crippen LogP contribution in [-0.2, 0) is 11.3 Å². The molecule has 0 aliphatic heterocycles. The molecule has 0 radical (unpaired) electrons. The number of carboxylic acid groups (broad SMARTS) is 1. The predicted molar refractivity (Wildman–Crippen MR) is 134 cm³/mol. The fraction of sp³-hybridized carbons (Fsp3) is 0.148. The normalized spacial score (nSPS) is 11.7. The maximum Gasteiger partial charge on any atom is 0.322 e. The van der Waals surface area contributed by atoms with Gasteiger partial charge in [0.1, 0.15) is 18.3 Å². The molecule has 1 amide bonds. The van der Waals surface area contributed by atoms with Gasteiger partial charge in [0.2, 0.25) is 5.43 Å². The Balaban J connectivity index is 1.84. The number of rotatable bonds is 8. The highest BCUT2D eigenvalue weighted by Crippen LogP contribution is 2.26. The SMILES string of the molecule is CC(O)Nc1cccc(-c2ccc3c(c2)c(=O)c(C(=O)NCC(=O)O)cn3Cc2ccccc2)c1. The zero-order chi connectivity index (χ0) is 24.9. The van der Waals surface area contributed by atoms with Gasteiger partial charge in [-0.05, 0) is 47.9 Å². The van der Waals surface area contributed by atoms with Crippen molar-refractivity contribution in [1.29, 1.82) is 0 Å².